The highest BCUT2D eigenvalue weighted by atomic mass is 35.5. The lowest BCUT2D eigenvalue weighted by Gasteiger charge is -2.13. The highest BCUT2D eigenvalue weighted by Crippen LogP contribution is 2.37. The van der Waals surface area contributed by atoms with Crippen molar-refractivity contribution in [2.24, 2.45) is 0 Å². The molecule has 0 atom stereocenters. The number of hydrogen-bond acceptors (Lipinski definition) is 4. The van der Waals surface area contributed by atoms with Crippen LogP contribution in [0.2, 0.25) is 5.15 Å². The SMILES string of the molecule is CCCc1nc(Cl)cc(-c2c(OC)cccc2OC)n1. The third-order valence-corrected chi connectivity index (χ3v) is 3.09. The minimum atomic E-state index is 0.423. The van der Waals surface area contributed by atoms with Gasteiger partial charge in [-0.15, -0.1) is 0 Å². The molecule has 106 valence electrons. The largest absolute Gasteiger partial charge is 0.496 e. The Morgan fingerprint density at radius 1 is 1.10 bits per heavy atom. The lowest BCUT2D eigenvalue weighted by Crippen LogP contribution is -2.00. The van der Waals surface area contributed by atoms with Gasteiger partial charge in [0.05, 0.1) is 25.5 Å². The number of rotatable bonds is 5. The number of benzene rings is 1. The summed E-state index contributed by atoms with van der Waals surface area (Å²) in [4.78, 5) is 8.79. The van der Waals surface area contributed by atoms with Gasteiger partial charge in [0.15, 0.2) is 0 Å². The number of aryl methyl sites for hydroxylation is 1. The number of aromatic nitrogens is 2. The molecule has 5 heteroatoms. The van der Waals surface area contributed by atoms with Gasteiger partial charge in [-0.1, -0.05) is 24.6 Å². The van der Waals surface area contributed by atoms with E-state index in [-0.39, 0.29) is 0 Å². The van der Waals surface area contributed by atoms with Crippen LogP contribution in [0.1, 0.15) is 19.2 Å². The van der Waals surface area contributed by atoms with Gasteiger partial charge in [-0.3, -0.25) is 0 Å². The van der Waals surface area contributed by atoms with Crippen LogP contribution in [0.3, 0.4) is 0 Å². The Morgan fingerprint density at radius 2 is 1.75 bits per heavy atom. The van der Waals surface area contributed by atoms with E-state index in [9.17, 15) is 0 Å². The van der Waals surface area contributed by atoms with Crippen molar-refractivity contribution in [3.05, 3.63) is 35.2 Å². The second kappa shape index (κ2) is 6.57. The summed E-state index contributed by atoms with van der Waals surface area (Å²) in [5.74, 6) is 2.12. The molecule has 4 nitrogen and oxygen atoms in total. The highest BCUT2D eigenvalue weighted by Gasteiger charge is 2.15. The summed E-state index contributed by atoms with van der Waals surface area (Å²) in [6, 6.07) is 7.33. The van der Waals surface area contributed by atoms with Crippen LogP contribution in [-0.2, 0) is 6.42 Å². The van der Waals surface area contributed by atoms with E-state index in [4.69, 9.17) is 21.1 Å². The van der Waals surface area contributed by atoms with Crippen LogP contribution in [0.4, 0.5) is 0 Å². The van der Waals surface area contributed by atoms with E-state index in [2.05, 4.69) is 16.9 Å². The first-order valence-corrected chi connectivity index (χ1v) is 6.82. The molecule has 1 aromatic carbocycles. The Labute approximate surface area is 123 Å². The molecule has 2 rings (SSSR count). The molecule has 0 aliphatic rings. The van der Waals surface area contributed by atoms with Gasteiger partial charge < -0.3 is 9.47 Å². The van der Waals surface area contributed by atoms with Crippen molar-refractivity contribution < 1.29 is 9.47 Å². The molecular weight excluding hydrogens is 276 g/mol. The zero-order chi connectivity index (χ0) is 14.5. The molecule has 0 fully saturated rings. The molecule has 0 saturated heterocycles. The van der Waals surface area contributed by atoms with Crippen molar-refractivity contribution in [2.45, 2.75) is 19.8 Å². The van der Waals surface area contributed by atoms with Crippen molar-refractivity contribution in [2.75, 3.05) is 14.2 Å². The first kappa shape index (κ1) is 14.6. The van der Waals surface area contributed by atoms with Crippen LogP contribution in [0.15, 0.2) is 24.3 Å². The molecular formula is C15H17ClN2O2. The van der Waals surface area contributed by atoms with Gasteiger partial charge in [0, 0.05) is 12.5 Å². The Morgan fingerprint density at radius 3 is 2.30 bits per heavy atom. The highest BCUT2D eigenvalue weighted by molar-refractivity contribution is 6.29. The van der Waals surface area contributed by atoms with E-state index in [1.165, 1.54) is 0 Å². The molecule has 1 heterocycles. The zero-order valence-electron chi connectivity index (χ0n) is 11.8. The van der Waals surface area contributed by atoms with Crippen LogP contribution in [0.5, 0.6) is 11.5 Å². The van der Waals surface area contributed by atoms with Crippen molar-refractivity contribution in [1.82, 2.24) is 9.97 Å². The topological polar surface area (TPSA) is 44.2 Å². The van der Waals surface area contributed by atoms with Gasteiger partial charge in [-0.2, -0.15) is 0 Å². The van der Waals surface area contributed by atoms with Crippen LogP contribution < -0.4 is 9.47 Å². The number of nitrogens with zero attached hydrogens (tertiary/aromatic N) is 2. The van der Waals surface area contributed by atoms with E-state index in [1.807, 2.05) is 18.2 Å². The predicted molar refractivity (Wildman–Crippen MR) is 79.6 cm³/mol. The van der Waals surface area contributed by atoms with Gasteiger partial charge in [0.1, 0.15) is 22.5 Å². The molecule has 0 spiro atoms. The summed E-state index contributed by atoms with van der Waals surface area (Å²) in [6.07, 6.45) is 1.74. The maximum Gasteiger partial charge on any atom is 0.133 e. The average Bonchev–Trinajstić information content (AvgIpc) is 2.46. The fourth-order valence-electron chi connectivity index (χ4n) is 2.03. The van der Waals surface area contributed by atoms with Gasteiger partial charge in [-0.25, -0.2) is 9.97 Å². The molecule has 0 N–H and O–H groups in total. The van der Waals surface area contributed by atoms with Crippen molar-refractivity contribution >= 4 is 11.6 Å². The summed E-state index contributed by atoms with van der Waals surface area (Å²) in [7, 11) is 3.24. The van der Waals surface area contributed by atoms with Gasteiger partial charge >= 0.3 is 0 Å². The van der Waals surface area contributed by atoms with E-state index in [0.29, 0.717) is 22.3 Å². The van der Waals surface area contributed by atoms with Crippen LogP contribution in [0, 0.1) is 0 Å². The first-order chi connectivity index (χ1) is 9.69. The normalized spacial score (nSPS) is 10.4. The lowest BCUT2D eigenvalue weighted by molar-refractivity contribution is 0.397. The Hall–Kier alpha value is -1.81. The fourth-order valence-corrected chi connectivity index (χ4v) is 2.23. The predicted octanol–water partition coefficient (Wildman–Crippen LogP) is 3.77. The Balaban J connectivity index is 2.60. The van der Waals surface area contributed by atoms with Crippen LogP contribution in [-0.4, -0.2) is 24.2 Å². The summed E-state index contributed by atoms with van der Waals surface area (Å²) in [6.45, 7) is 2.08. The quantitative estimate of drug-likeness (QED) is 0.787. The van der Waals surface area contributed by atoms with E-state index in [0.717, 1.165) is 24.2 Å². The van der Waals surface area contributed by atoms with E-state index < -0.39 is 0 Å². The maximum absolute atomic E-state index is 6.09. The van der Waals surface area contributed by atoms with Crippen molar-refractivity contribution in [1.29, 1.82) is 0 Å². The number of methoxy groups -OCH3 is 2. The number of halogens is 1. The lowest BCUT2D eigenvalue weighted by atomic mass is 10.1. The molecule has 0 aliphatic carbocycles. The second-order valence-corrected chi connectivity index (χ2v) is 4.67. The third-order valence-electron chi connectivity index (χ3n) is 2.90. The van der Waals surface area contributed by atoms with Crippen LogP contribution in [0.25, 0.3) is 11.3 Å². The summed E-state index contributed by atoms with van der Waals surface area (Å²) < 4.78 is 10.8. The van der Waals surface area contributed by atoms with Gasteiger partial charge in [-0.05, 0) is 18.6 Å². The van der Waals surface area contributed by atoms with Crippen LogP contribution >= 0.6 is 11.6 Å². The molecule has 2 aromatic rings. The monoisotopic (exact) mass is 292 g/mol. The van der Waals surface area contributed by atoms with E-state index >= 15 is 0 Å². The summed E-state index contributed by atoms with van der Waals surface area (Å²) in [5, 5.41) is 0.423. The molecule has 0 bridgehead atoms. The molecule has 0 radical (unpaired) electrons. The smallest absolute Gasteiger partial charge is 0.133 e. The maximum atomic E-state index is 6.09. The molecule has 0 saturated carbocycles. The van der Waals surface area contributed by atoms with Crippen molar-refractivity contribution in [3.8, 4) is 22.8 Å². The van der Waals surface area contributed by atoms with E-state index in [1.54, 1.807) is 20.3 Å². The minimum Gasteiger partial charge on any atom is -0.496 e. The van der Waals surface area contributed by atoms with Gasteiger partial charge in [0.2, 0.25) is 0 Å². The summed E-state index contributed by atoms with van der Waals surface area (Å²) in [5.41, 5.74) is 1.50. The van der Waals surface area contributed by atoms with Crippen molar-refractivity contribution in [3.63, 3.8) is 0 Å². The molecule has 0 aliphatic heterocycles. The summed E-state index contributed by atoms with van der Waals surface area (Å²) >= 11 is 6.09. The first-order valence-electron chi connectivity index (χ1n) is 6.44. The third kappa shape index (κ3) is 3.02. The molecule has 1 aromatic heterocycles. The fraction of sp³-hybridized carbons (Fsp3) is 0.333. The van der Waals surface area contributed by atoms with Gasteiger partial charge in [0.25, 0.3) is 0 Å². The number of hydrogen-bond donors (Lipinski definition) is 0. The standard InChI is InChI=1S/C15H17ClN2O2/c1-4-6-14-17-10(9-13(16)18-14)15-11(19-2)7-5-8-12(15)20-3/h5,7-9H,4,6H2,1-3H3. The Bertz CT molecular complexity index is 580. The zero-order valence-corrected chi connectivity index (χ0v) is 12.6. The molecule has 0 amide bonds. The minimum absolute atomic E-state index is 0.423. The Kier molecular flexibility index (Phi) is 4.79. The molecule has 20 heavy (non-hydrogen) atoms. The average molecular weight is 293 g/mol. The second-order valence-electron chi connectivity index (χ2n) is 4.28. The molecule has 0 unspecified atom stereocenters. The number of ether oxygens (including phenoxy) is 2.